The van der Waals surface area contributed by atoms with Crippen molar-refractivity contribution in [3.63, 3.8) is 0 Å². The van der Waals surface area contributed by atoms with Gasteiger partial charge in [-0.25, -0.2) is 4.79 Å². The molecular weight excluding hydrogens is 348 g/mol. The Morgan fingerprint density at radius 2 is 1.63 bits per heavy atom. The Balaban J connectivity index is 1.87. The fourth-order valence-electron chi connectivity index (χ4n) is 2.15. The normalized spacial score (nSPS) is 10.2. The summed E-state index contributed by atoms with van der Waals surface area (Å²) < 4.78 is 15.7. The number of anilines is 2. The summed E-state index contributed by atoms with van der Waals surface area (Å²) in [5.41, 5.74) is 1.05. The van der Waals surface area contributed by atoms with Crippen molar-refractivity contribution in [3.05, 3.63) is 48.5 Å². The second-order valence-electron chi connectivity index (χ2n) is 6.19. The maximum Gasteiger partial charge on any atom is 0.411 e. The van der Waals surface area contributed by atoms with Crippen LogP contribution in [0.4, 0.5) is 16.2 Å². The summed E-state index contributed by atoms with van der Waals surface area (Å²) in [7, 11) is 1.53. The Labute approximate surface area is 158 Å². The van der Waals surface area contributed by atoms with Crippen LogP contribution >= 0.6 is 0 Å². The van der Waals surface area contributed by atoms with E-state index in [9.17, 15) is 9.59 Å². The molecule has 27 heavy (non-hydrogen) atoms. The highest BCUT2D eigenvalue weighted by molar-refractivity contribution is 5.93. The lowest BCUT2D eigenvalue weighted by Gasteiger charge is -2.12. The van der Waals surface area contributed by atoms with Crippen molar-refractivity contribution in [2.45, 2.75) is 13.8 Å². The molecule has 7 heteroatoms. The molecule has 0 heterocycles. The smallest absolute Gasteiger partial charge is 0.411 e. The highest BCUT2D eigenvalue weighted by Crippen LogP contribution is 2.25. The van der Waals surface area contributed by atoms with Gasteiger partial charge in [0.05, 0.1) is 13.7 Å². The molecule has 2 aromatic rings. The van der Waals surface area contributed by atoms with E-state index in [0.29, 0.717) is 29.5 Å². The van der Waals surface area contributed by atoms with Gasteiger partial charge in [0, 0.05) is 11.4 Å². The molecule has 0 radical (unpaired) electrons. The topological polar surface area (TPSA) is 85.9 Å². The lowest BCUT2D eigenvalue weighted by atomic mass is 10.2. The van der Waals surface area contributed by atoms with Crippen LogP contribution in [0.1, 0.15) is 13.8 Å². The molecule has 0 atom stereocenters. The lowest BCUT2D eigenvalue weighted by molar-refractivity contribution is -0.118. The van der Waals surface area contributed by atoms with E-state index in [2.05, 4.69) is 10.6 Å². The van der Waals surface area contributed by atoms with Gasteiger partial charge < -0.3 is 19.5 Å². The molecule has 0 saturated carbocycles. The monoisotopic (exact) mass is 372 g/mol. The van der Waals surface area contributed by atoms with Crippen LogP contribution in [0.3, 0.4) is 0 Å². The minimum atomic E-state index is -0.535. The second-order valence-corrected chi connectivity index (χ2v) is 6.19. The predicted octanol–water partition coefficient (Wildman–Crippen LogP) is 3.92. The van der Waals surface area contributed by atoms with Crippen molar-refractivity contribution in [1.29, 1.82) is 0 Å². The largest absolute Gasteiger partial charge is 0.493 e. The molecule has 0 saturated heterocycles. The van der Waals surface area contributed by atoms with Crippen LogP contribution in [0.25, 0.3) is 0 Å². The number of rotatable bonds is 8. The number of carbonyl (C=O) groups is 2. The molecule has 0 unspecified atom stereocenters. The average molecular weight is 372 g/mol. The predicted molar refractivity (Wildman–Crippen MR) is 103 cm³/mol. The second kappa shape index (κ2) is 10.1. The van der Waals surface area contributed by atoms with Crippen LogP contribution in [0.5, 0.6) is 11.5 Å². The van der Waals surface area contributed by atoms with Gasteiger partial charge in [0.15, 0.2) is 18.1 Å². The Bertz CT molecular complexity index is 776. The summed E-state index contributed by atoms with van der Waals surface area (Å²) in [5, 5.41) is 5.34. The van der Waals surface area contributed by atoms with Crippen LogP contribution in [-0.4, -0.2) is 32.3 Å². The Morgan fingerprint density at radius 1 is 0.963 bits per heavy atom. The Kier molecular flexibility index (Phi) is 7.49. The van der Waals surface area contributed by atoms with Gasteiger partial charge in [-0.15, -0.1) is 0 Å². The zero-order valence-corrected chi connectivity index (χ0v) is 15.7. The number of amides is 2. The number of nitrogens with one attached hydrogen (secondary N) is 2. The molecule has 0 bridgehead atoms. The van der Waals surface area contributed by atoms with E-state index < -0.39 is 6.09 Å². The van der Waals surface area contributed by atoms with E-state index in [-0.39, 0.29) is 18.4 Å². The van der Waals surface area contributed by atoms with E-state index in [1.165, 1.54) is 7.11 Å². The lowest BCUT2D eigenvalue weighted by Crippen LogP contribution is -2.20. The molecule has 0 aliphatic rings. The van der Waals surface area contributed by atoms with E-state index in [0.717, 1.165) is 0 Å². The number of carbonyl (C=O) groups excluding carboxylic acids is 2. The van der Waals surface area contributed by atoms with Crippen LogP contribution in [-0.2, 0) is 9.53 Å². The first-order chi connectivity index (χ1) is 13.0. The number of hydrogen-bond acceptors (Lipinski definition) is 5. The van der Waals surface area contributed by atoms with Gasteiger partial charge in [-0.1, -0.05) is 32.0 Å². The molecule has 0 aromatic heterocycles. The number of ether oxygens (including phenoxy) is 3. The van der Waals surface area contributed by atoms with E-state index in [1.54, 1.807) is 42.5 Å². The molecule has 0 aliphatic heterocycles. The quantitative estimate of drug-likeness (QED) is 0.734. The summed E-state index contributed by atoms with van der Waals surface area (Å²) in [5.74, 6) is 0.958. The first-order valence-electron chi connectivity index (χ1n) is 8.57. The summed E-state index contributed by atoms with van der Waals surface area (Å²) >= 11 is 0. The molecule has 2 amide bonds. The van der Waals surface area contributed by atoms with Gasteiger partial charge in [0.25, 0.3) is 5.91 Å². The molecule has 2 N–H and O–H groups in total. The fraction of sp³-hybridized carbons (Fsp3) is 0.300. The van der Waals surface area contributed by atoms with Crippen molar-refractivity contribution in [2.75, 3.05) is 31.0 Å². The van der Waals surface area contributed by atoms with E-state index in [1.807, 2.05) is 19.9 Å². The third kappa shape index (κ3) is 6.89. The maximum atomic E-state index is 12.1. The number of methoxy groups -OCH3 is 1. The van der Waals surface area contributed by atoms with Crippen LogP contribution in [0, 0.1) is 5.92 Å². The standard InChI is InChI=1S/C20H24N2O5/c1-14(2)12-27-20(24)22-16-8-6-7-15(11-16)21-19(23)13-26-18-10-5-4-9-17(18)25-3/h4-11,14H,12-13H2,1-3H3,(H,21,23)(H,22,24). The van der Waals surface area contributed by atoms with Gasteiger partial charge in [-0.2, -0.15) is 0 Å². The third-order valence-corrected chi connectivity index (χ3v) is 3.37. The van der Waals surface area contributed by atoms with Gasteiger partial charge in [0.1, 0.15) is 0 Å². The fourth-order valence-corrected chi connectivity index (χ4v) is 2.15. The SMILES string of the molecule is COc1ccccc1OCC(=O)Nc1cccc(NC(=O)OCC(C)C)c1. The maximum absolute atomic E-state index is 12.1. The minimum absolute atomic E-state index is 0.172. The average Bonchev–Trinajstić information content (AvgIpc) is 2.65. The molecule has 7 nitrogen and oxygen atoms in total. The van der Waals surface area contributed by atoms with Crippen LogP contribution in [0.2, 0.25) is 0 Å². The van der Waals surface area contributed by atoms with E-state index in [4.69, 9.17) is 14.2 Å². The molecule has 0 spiro atoms. The van der Waals surface area contributed by atoms with Crippen molar-refractivity contribution in [1.82, 2.24) is 0 Å². The van der Waals surface area contributed by atoms with Crippen molar-refractivity contribution in [2.24, 2.45) is 5.92 Å². The summed E-state index contributed by atoms with van der Waals surface area (Å²) in [6.07, 6.45) is -0.535. The van der Waals surface area contributed by atoms with Gasteiger partial charge in [-0.3, -0.25) is 10.1 Å². The highest BCUT2D eigenvalue weighted by atomic mass is 16.5. The van der Waals surface area contributed by atoms with E-state index >= 15 is 0 Å². The molecular formula is C20H24N2O5. The zero-order chi connectivity index (χ0) is 19.6. The molecule has 2 rings (SSSR count). The number of para-hydroxylation sites is 2. The Hall–Kier alpha value is -3.22. The number of benzene rings is 2. The first kappa shape index (κ1) is 20.1. The summed E-state index contributed by atoms with van der Waals surface area (Å²) in [4.78, 5) is 23.8. The van der Waals surface area contributed by atoms with Crippen molar-refractivity contribution < 1.29 is 23.8 Å². The summed E-state index contributed by atoms with van der Waals surface area (Å²) in [6, 6.07) is 13.9. The van der Waals surface area contributed by atoms with Crippen molar-refractivity contribution in [3.8, 4) is 11.5 Å². The third-order valence-electron chi connectivity index (χ3n) is 3.37. The summed E-state index contributed by atoms with van der Waals surface area (Å²) in [6.45, 7) is 4.07. The number of hydrogen-bond donors (Lipinski definition) is 2. The van der Waals surface area contributed by atoms with Crippen molar-refractivity contribution >= 4 is 23.4 Å². The van der Waals surface area contributed by atoms with Crippen LogP contribution < -0.4 is 20.1 Å². The molecule has 0 aliphatic carbocycles. The molecule has 144 valence electrons. The highest BCUT2D eigenvalue weighted by Gasteiger charge is 2.09. The molecule has 0 fully saturated rings. The van der Waals surface area contributed by atoms with Gasteiger partial charge in [-0.05, 0) is 36.2 Å². The van der Waals surface area contributed by atoms with Gasteiger partial charge >= 0.3 is 6.09 Å². The zero-order valence-electron chi connectivity index (χ0n) is 15.7. The minimum Gasteiger partial charge on any atom is -0.493 e. The van der Waals surface area contributed by atoms with Gasteiger partial charge in [0.2, 0.25) is 0 Å². The Morgan fingerprint density at radius 3 is 2.30 bits per heavy atom. The van der Waals surface area contributed by atoms with Crippen LogP contribution in [0.15, 0.2) is 48.5 Å². The molecule has 2 aromatic carbocycles. The first-order valence-corrected chi connectivity index (χ1v) is 8.57.